The lowest BCUT2D eigenvalue weighted by Gasteiger charge is -1.97. The number of thiazole rings is 1. The number of aryl methyl sites for hydroxylation is 1. The minimum Gasteiger partial charge on any atom is -0.617 e. The van der Waals surface area contributed by atoms with Crippen LogP contribution < -0.4 is 9.47 Å². The van der Waals surface area contributed by atoms with Crippen LogP contribution in [-0.2, 0) is 0 Å². The predicted molar refractivity (Wildman–Crippen MR) is 52.1 cm³/mol. The van der Waals surface area contributed by atoms with E-state index in [1.54, 1.807) is 19.2 Å². The Morgan fingerprint density at radius 3 is 2.92 bits per heavy atom. The quantitative estimate of drug-likeness (QED) is 0.514. The van der Waals surface area contributed by atoms with Crippen molar-refractivity contribution in [2.75, 3.05) is 7.11 Å². The van der Waals surface area contributed by atoms with Crippen molar-refractivity contribution in [3.05, 3.63) is 28.4 Å². The fourth-order valence-corrected chi connectivity index (χ4v) is 2.17. The third-order valence-electron chi connectivity index (χ3n) is 1.93. The van der Waals surface area contributed by atoms with Crippen LogP contribution in [0.1, 0.15) is 5.01 Å². The predicted octanol–water partition coefficient (Wildman–Crippen LogP) is 1.85. The number of hydrogen-bond acceptors (Lipinski definition) is 3. The van der Waals surface area contributed by atoms with Gasteiger partial charge in [-0.15, -0.1) is 0 Å². The molecule has 0 amide bonds. The third kappa shape index (κ3) is 1.23. The van der Waals surface area contributed by atoms with E-state index in [0.29, 0.717) is 5.52 Å². The van der Waals surface area contributed by atoms with E-state index in [1.807, 2.05) is 13.0 Å². The van der Waals surface area contributed by atoms with Crippen molar-refractivity contribution in [1.29, 1.82) is 0 Å². The molecule has 0 aliphatic heterocycles. The number of ether oxygens (including phenoxy) is 1. The second-order valence-electron chi connectivity index (χ2n) is 2.75. The van der Waals surface area contributed by atoms with E-state index < -0.39 is 0 Å². The maximum absolute atomic E-state index is 11.4. The Kier molecular flexibility index (Phi) is 1.84. The lowest BCUT2D eigenvalue weighted by atomic mass is 10.3. The van der Waals surface area contributed by atoms with Crippen molar-refractivity contribution in [2.45, 2.75) is 6.92 Å². The van der Waals surface area contributed by atoms with Crippen molar-refractivity contribution in [3.8, 4) is 5.75 Å². The highest BCUT2D eigenvalue weighted by molar-refractivity contribution is 7.18. The van der Waals surface area contributed by atoms with Gasteiger partial charge in [0.25, 0.3) is 0 Å². The fraction of sp³-hybridized carbons (Fsp3) is 0.222. The molecule has 13 heavy (non-hydrogen) atoms. The lowest BCUT2D eigenvalue weighted by molar-refractivity contribution is -0.578. The molecule has 1 aromatic carbocycles. The van der Waals surface area contributed by atoms with Gasteiger partial charge in [0.1, 0.15) is 10.4 Å². The number of rotatable bonds is 1. The van der Waals surface area contributed by atoms with Crippen molar-refractivity contribution < 1.29 is 9.47 Å². The van der Waals surface area contributed by atoms with Crippen molar-refractivity contribution >= 4 is 21.6 Å². The normalized spacial score (nSPS) is 10.6. The Balaban J connectivity index is 2.73. The smallest absolute Gasteiger partial charge is 0.246 e. The largest absolute Gasteiger partial charge is 0.617 e. The monoisotopic (exact) mass is 195 g/mol. The van der Waals surface area contributed by atoms with Gasteiger partial charge in [-0.2, -0.15) is 4.73 Å². The number of hydrogen-bond donors (Lipinski definition) is 0. The molecule has 2 rings (SSSR count). The van der Waals surface area contributed by atoms with E-state index in [-0.39, 0.29) is 0 Å². The molecule has 0 aliphatic carbocycles. The standard InChI is InChI=1S/C9H9NO2S/c1-6-10(11)8-4-3-7(12-2)5-9(8)13-6/h3-5H,1-2H3. The van der Waals surface area contributed by atoms with E-state index in [4.69, 9.17) is 4.74 Å². The summed E-state index contributed by atoms with van der Waals surface area (Å²) >= 11 is 1.48. The highest BCUT2D eigenvalue weighted by Crippen LogP contribution is 2.24. The first kappa shape index (κ1) is 8.31. The molecular weight excluding hydrogens is 186 g/mol. The molecule has 0 N–H and O–H groups in total. The molecule has 0 saturated carbocycles. The molecule has 0 fully saturated rings. The third-order valence-corrected chi connectivity index (χ3v) is 2.94. The van der Waals surface area contributed by atoms with Crippen LogP contribution in [-0.4, -0.2) is 7.11 Å². The summed E-state index contributed by atoms with van der Waals surface area (Å²) < 4.78 is 6.98. The Morgan fingerprint density at radius 1 is 1.46 bits per heavy atom. The Morgan fingerprint density at radius 2 is 2.23 bits per heavy atom. The summed E-state index contributed by atoms with van der Waals surface area (Å²) in [6, 6.07) is 5.45. The molecule has 0 unspecified atom stereocenters. The van der Waals surface area contributed by atoms with Crippen LogP contribution in [0.5, 0.6) is 5.75 Å². The van der Waals surface area contributed by atoms with E-state index in [9.17, 15) is 5.21 Å². The molecule has 0 bridgehead atoms. The molecule has 1 aromatic heterocycles. The second kappa shape index (κ2) is 2.88. The Bertz CT molecular complexity index is 450. The first-order valence-corrected chi connectivity index (χ1v) is 4.70. The van der Waals surface area contributed by atoms with Gasteiger partial charge >= 0.3 is 0 Å². The van der Waals surface area contributed by atoms with Crippen molar-refractivity contribution in [3.63, 3.8) is 0 Å². The van der Waals surface area contributed by atoms with Gasteiger partial charge in [0.2, 0.25) is 10.5 Å². The Labute approximate surface area is 79.8 Å². The van der Waals surface area contributed by atoms with Gasteiger partial charge in [0.15, 0.2) is 0 Å². The summed E-state index contributed by atoms with van der Waals surface area (Å²) in [4.78, 5) is 0. The number of methoxy groups -OCH3 is 1. The number of benzene rings is 1. The topological polar surface area (TPSA) is 36.2 Å². The molecule has 1 heterocycles. The van der Waals surface area contributed by atoms with Crippen LogP contribution >= 0.6 is 11.3 Å². The summed E-state index contributed by atoms with van der Waals surface area (Å²) in [7, 11) is 1.62. The summed E-state index contributed by atoms with van der Waals surface area (Å²) in [5.74, 6) is 0.786. The molecule has 0 radical (unpaired) electrons. The summed E-state index contributed by atoms with van der Waals surface area (Å²) in [5, 5.41) is 12.2. The minimum absolute atomic E-state index is 0.711. The minimum atomic E-state index is 0.711. The summed E-state index contributed by atoms with van der Waals surface area (Å²) in [6.45, 7) is 1.81. The highest BCUT2D eigenvalue weighted by Gasteiger charge is 2.11. The zero-order chi connectivity index (χ0) is 9.42. The second-order valence-corrected chi connectivity index (χ2v) is 3.98. The Hall–Kier alpha value is -1.29. The zero-order valence-electron chi connectivity index (χ0n) is 7.40. The molecule has 2 aromatic rings. The number of fused-ring (bicyclic) bond motifs is 1. The summed E-state index contributed by atoms with van der Waals surface area (Å²) in [5.41, 5.74) is 0.711. The van der Waals surface area contributed by atoms with E-state index in [2.05, 4.69) is 0 Å². The molecule has 0 saturated heterocycles. The molecule has 0 atom stereocenters. The van der Waals surface area contributed by atoms with Gasteiger partial charge in [-0.25, -0.2) is 0 Å². The highest BCUT2D eigenvalue weighted by atomic mass is 32.1. The summed E-state index contributed by atoms with van der Waals surface area (Å²) in [6.07, 6.45) is 0. The van der Waals surface area contributed by atoms with Crippen LogP contribution in [0.2, 0.25) is 0 Å². The van der Waals surface area contributed by atoms with Gasteiger partial charge in [-0.05, 0) is 6.07 Å². The molecular formula is C9H9NO2S. The molecule has 0 spiro atoms. The van der Waals surface area contributed by atoms with Crippen LogP contribution in [0, 0.1) is 12.1 Å². The van der Waals surface area contributed by atoms with E-state index in [1.165, 1.54) is 11.3 Å². The van der Waals surface area contributed by atoms with Crippen LogP contribution in [0.3, 0.4) is 0 Å². The molecule has 4 heteroatoms. The maximum Gasteiger partial charge on any atom is 0.246 e. The van der Waals surface area contributed by atoms with Gasteiger partial charge < -0.3 is 9.94 Å². The zero-order valence-corrected chi connectivity index (χ0v) is 8.22. The van der Waals surface area contributed by atoms with Crippen molar-refractivity contribution in [1.82, 2.24) is 0 Å². The van der Waals surface area contributed by atoms with E-state index >= 15 is 0 Å². The average Bonchev–Trinajstić information content (AvgIpc) is 2.42. The van der Waals surface area contributed by atoms with Crippen LogP contribution in [0.25, 0.3) is 10.2 Å². The first-order valence-electron chi connectivity index (χ1n) is 3.89. The molecule has 0 aliphatic rings. The maximum atomic E-state index is 11.4. The number of nitrogens with zero attached hydrogens (tertiary/aromatic N) is 1. The fourth-order valence-electron chi connectivity index (χ4n) is 1.24. The lowest BCUT2D eigenvalue weighted by Crippen LogP contribution is -2.26. The van der Waals surface area contributed by atoms with Gasteiger partial charge in [0.05, 0.1) is 7.11 Å². The number of aromatic nitrogens is 1. The van der Waals surface area contributed by atoms with Gasteiger partial charge in [-0.3, -0.25) is 0 Å². The molecule has 68 valence electrons. The van der Waals surface area contributed by atoms with Crippen molar-refractivity contribution in [2.24, 2.45) is 0 Å². The average molecular weight is 195 g/mol. The van der Waals surface area contributed by atoms with Gasteiger partial charge in [-0.1, -0.05) is 11.3 Å². The first-order chi connectivity index (χ1) is 6.22. The van der Waals surface area contributed by atoms with Crippen LogP contribution in [0.15, 0.2) is 18.2 Å². The van der Waals surface area contributed by atoms with Crippen LogP contribution in [0.4, 0.5) is 0 Å². The molecule has 3 nitrogen and oxygen atoms in total. The van der Waals surface area contributed by atoms with E-state index in [0.717, 1.165) is 20.2 Å². The SMILES string of the molecule is COc1ccc2c(c1)sc(C)[n+]2[O-]. The van der Waals surface area contributed by atoms with Gasteiger partial charge in [0, 0.05) is 19.1 Å².